The van der Waals surface area contributed by atoms with Crippen molar-refractivity contribution in [2.75, 3.05) is 31.1 Å². The van der Waals surface area contributed by atoms with E-state index in [2.05, 4.69) is 14.9 Å². The van der Waals surface area contributed by atoms with E-state index in [0.717, 1.165) is 5.82 Å². The van der Waals surface area contributed by atoms with Gasteiger partial charge in [0.15, 0.2) is 5.60 Å². The third kappa shape index (κ3) is 3.92. The van der Waals surface area contributed by atoms with Crippen molar-refractivity contribution < 1.29 is 23.1 Å². The molecule has 1 amide bonds. The molecule has 9 heteroatoms. The average molecular weight is 372 g/mol. The SMILES string of the molecule is O=C(C1CCN(c2cnccn2)CC1)N1CCCC(O)(C(F)(F)F)CC1. The molecule has 3 heterocycles. The van der Waals surface area contributed by atoms with Gasteiger partial charge in [-0.3, -0.25) is 9.78 Å². The topological polar surface area (TPSA) is 69.6 Å². The maximum absolute atomic E-state index is 13.0. The first-order chi connectivity index (χ1) is 12.3. The van der Waals surface area contributed by atoms with Gasteiger partial charge < -0.3 is 14.9 Å². The smallest absolute Gasteiger partial charge is 0.380 e. The van der Waals surface area contributed by atoms with Gasteiger partial charge in [0.2, 0.25) is 5.91 Å². The largest absolute Gasteiger partial charge is 0.417 e. The molecule has 2 aliphatic heterocycles. The molecule has 1 aromatic heterocycles. The molecular formula is C17H23F3N4O2. The molecule has 1 aromatic rings. The fraction of sp³-hybridized carbons (Fsp3) is 0.706. The van der Waals surface area contributed by atoms with Crippen molar-refractivity contribution in [1.29, 1.82) is 0 Å². The van der Waals surface area contributed by atoms with Gasteiger partial charge in [0, 0.05) is 50.9 Å². The van der Waals surface area contributed by atoms with Crippen LogP contribution in [0.2, 0.25) is 0 Å². The molecule has 2 saturated heterocycles. The van der Waals surface area contributed by atoms with E-state index in [1.165, 1.54) is 4.90 Å². The normalized spacial score (nSPS) is 25.8. The number of alkyl halides is 3. The molecule has 0 aliphatic carbocycles. The van der Waals surface area contributed by atoms with Gasteiger partial charge in [-0.2, -0.15) is 13.2 Å². The Balaban J connectivity index is 1.56. The summed E-state index contributed by atoms with van der Waals surface area (Å²) >= 11 is 0. The first-order valence-electron chi connectivity index (χ1n) is 8.89. The third-order valence-corrected chi connectivity index (χ3v) is 5.37. The number of rotatable bonds is 2. The summed E-state index contributed by atoms with van der Waals surface area (Å²) in [6.07, 6.45) is 0.840. The molecule has 0 spiro atoms. The summed E-state index contributed by atoms with van der Waals surface area (Å²) < 4.78 is 39.1. The molecule has 3 rings (SSSR count). The van der Waals surface area contributed by atoms with Crippen LogP contribution in [0.15, 0.2) is 18.6 Å². The van der Waals surface area contributed by atoms with Crippen molar-refractivity contribution in [3.8, 4) is 0 Å². The maximum Gasteiger partial charge on any atom is 0.417 e. The fourth-order valence-corrected chi connectivity index (χ4v) is 3.69. The summed E-state index contributed by atoms with van der Waals surface area (Å²) in [4.78, 5) is 24.6. The van der Waals surface area contributed by atoms with Crippen LogP contribution in [0.3, 0.4) is 0 Å². The Bertz CT molecular complexity index is 620. The van der Waals surface area contributed by atoms with Crippen LogP contribution in [-0.4, -0.2) is 63.8 Å². The summed E-state index contributed by atoms with van der Waals surface area (Å²) in [5.74, 6) is 0.471. The molecule has 6 nitrogen and oxygen atoms in total. The van der Waals surface area contributed by atoms with Gasteiger partial charge >= 0.3 is 6.18 Å². The number of anilines is 1. The van der Waals surface area contributed by atoms with Crippen molar-refractivity contribution in [3.05, 3.63) is 18.6 Å². The number of amides is 1. The van der Waals surface area contributed by atoms with E-state index < -0.39 is 18.2 Å². The predicted molar refractivity (Wildman–Crippen MR) is 88.4 cm³/mol. The molecular weight excluding hydrogens is 349 g/mol. The zero-order valence-electron chi connectivity index (χ0n) is 14.5. The van der Waals surface area contributed by atoms with Crippen molar-refractivity contribution in [3.63, 3.8) is 0 Å². The Morgan fingerprint density at radius 3 is 2.50 bits per heavy atom. The van der Waals surface area contributed by atoms with Gasteiger partial charge in [-0.05, 0) is 25.7 Å². The summed E-state index contributed by atoms with van der Waals surface area (Å²) in [7, 11) is 0. The number of hydrogen-bond donors (Lipinski definition) is 1. The zero-order chi connectivity index (χ0) is 18.8. The number of carbonyl (C=O) groups excluding carboxylic acids is 1. The van der Waals surface area contributed by atoms with Crippen molar-refractivity contribution >= 4 is 11.7 Å². The Labute approximate surface area is 150 Å². The summed E-state index contributed by atoms with van der Waals surface area (Å²) in [5.41, 5.74) is -2.68. The lowest BCUT2D eigenvalue weighted by atomic mass is 9.94. The van der Waals surface area contributed by atoms with Crippen LogP contribution in [0.4, 0.5) is 19.0 Å². The van der Waals surface area contributed by atoms with Crippen molar-refractivity contribution in [1.82, 2.24) is 14.9 Å². The highest BCUT2D eigenvalue weighted by Gasteiger charge is 2.53. The number of aliphatic hydroxyl groups is 1. The number of hydrogen-bond acceptors (Lipinski definition) is 5. The number of carbonyl (C=O) groups is 1. The highest BCUT2D eigenvalue weighted by atomic mass is 19.4. The Hall–Kier alpha value is -1.90. The van der Waals surface area contributed by atoms with E-state index in [1.807, 2.05) is 0 Å². The molecule has 0 radical (unpaired) electrons. The predicted octanol–water partition coefficient (Wildman–Crippen LogP) is 2.00. The number of piperidine rings is 1. The third-order valence-electron chi connectivity index (χ3n) is 5.37. The van der Waals surface area contributed by atoms with E-state index in [1.54, 1.807) is 18.6 Å². The van der Waals surface area contributed by atoms with Gasteiger partial charge in [-0.15, -0.1) is 0 Å². The lowest BCUT2D eigenvalue weighted by molar-refractivity contribution is -0.263. The minimum Gasteiger partial charge on any atom is -0.380 e. The zero-order valence-corrected chi connectivity index (χ0v) is 14.5. The van der Waals surface area contributed by atoms with Crippen LogP contribution < -0.4 is 4.90 Å². The molecule has 144 valence electrons. The lowest BCUT2D eigenvalue weighted by Crippen LogP contribution is -2.47. The van der Waals surface area contributed by atoms with Gasteiger partial charge in [0.25, 0.3) is 0 Å². The molecule has 26 heavy (non-hydrogen) atoms. The van der Waals surface area contributed by atoms with Crippen LogP contribution in [0.25, 0.3) is 0 Å². The first-order valence-corrected chi connectivity index (χ1v) is 8.89. The summed E-state index contributed by atoms with van der Waals surface area (Å²) in [5, 5.41) is 9.88. The Morgan fingerprint density at radius 1 is 1.15 bits per heavy atom. The lowest BCUT2D eigenvalue weighted by Gasteiger charge is -2.34. The van der Waals surface area contributed by atoms with Gasteiger partial charge in [-0.25, -0.2) is 4.98 Å². The van der Waals surface area contributed by atoms with Crippen molar-refractivity contribution in [2.24, 2.45) is 5.92 Å². The van der Waals surface area contributed by atoms with Crippen LogP contribution in [0.1, 0.15) is 32.1 Å². The number of nitrogens with zero attached hydrogens (tertiary/aromatic N) is 4. The van der Waals surface area contributed by atoms with Crippen LogP contribution in [0, 0.1) is 5.92 Å². The van der Waals surface area contributed by atoms with E-state index in [9.17, 15) is 23.1 Å². The summed E-state index contributed by atoms with van der Waals surface area (Å²) in [6, 6.07) is 0. The standard InChI is InChI=1S/C17H23F3N4O2/c18-17(19,20)16(26)4-1-8-24(11-5-16)15(25)13-2-9-23(10-3-13)14-12-21-6-7-22-14/h6-7,12-13,26H,1-5,8-11H2. The molecule has 0 bridgehead atoms. The Morgan fingerprint density at radius 2 is 1.88 bits per heavy atom. The average Bonchev–Trinajstić information content (AvgIpc) is 2.84. The molecule has 1 unspecified atom stereocenters. The number of aromatic nitrogens is 2. The van der Waals surface area contributed by atoms with E-state index in [0.29, 0.717) is 25.9 Å². The quantitative estimate of drug-likeness (QED) is 0.860. The molecule has 0 saturated carbocycles. The highest BCUT2D eigenvalue weighted by molar-refractivity contribution is 5.79. The van der Waals surface area contributed by atoms with E-state index in [4.69, 9.17) is 0 Å². The van der Waals surface area contributed by atoms with Gasteiger partial charge in [0.1, 0.15) is 5.82 Å². The van der Waals surface area contributed by atoms with E-state index >= 15 is 0 Å². The van der Waals surface area contributed by atoms with Crippen LogP contribution >= 0.6 is 0 Å². The fourth-order valence-electron chi connectivity index (χ4n) is 3.69. The minimum absolute atomic E-state index is 0.0563. The molecule has 1 atom stereocenters. The molecule has 2 fully saturated rings. The monoisotopic (exact) mass is 372 g/mol. The number of likely N-dealkylation sites (tertiary alicyclic amines) is 1. The second-order valence-corrected chi connectivity index (χ2v) is 7.03. The van der Waals surface area contributed by atoms with Crippen molar-refractivity contribution in [2.45, 2.75) is 43.9 Å². The number of halogens is 3. The highest BCUT2D eigenvalue weighted by Crippen LogP contribution is 2.38. The van der Waals surface area contributed by atoms with Gasteiger partial charge in [-0.1, -0.05) is 0 Å². The minimum atomic E-state index is -4.66. The molecule has 2 aliphatic rings. The molecule has 0 aromatic carbocycles. The van der Waals surface area contributed by atoms with Crippen LogP contribution in [-0.2, 0) is 4.79 Å². The first kappa shape index (κ1) is 18.9. The van der Waals surface area contributed by atoms with E-state index in [-0.39, 0.29) is 37.8 Å². The Kier molecular flexibility index (Phi) is 5.36. The second kappa shape index (κ2) is 7.38. The van der Waals surface area contributed by atoms with Gasteiger partial charge in [0.05, 0.1) is 6.20 Å². The molecule has 1 N–H and O–H groups in total. The second-order valence-electron chi connectivity index (χ2n) is 7.03. The maximum atomic E-state index is 13.0. The summed E-state index contributed by atoms with van der Waals surface area (Å²) in [6.45, 7) is 1.53. The van der Waals surface area contributed by atoms with Crippen LogP contribution in [0.5, 0.6) is 0 Å².